The van der Waals surface area contributed by atoms with E-state index in [1.807, 2.05) is 0 Å². The Morgan fingerprint density at radius 1 is 0.882 bits per heavy atom. The number of benzene rings is 1. The van der Waals surface area contributed by atoms with Crippen LogP contribution in [0.1, 0.15) is 31.7 Å². The summed E-state index contributed by atoms with van der Waals surface area (Å²) in [7, 11) is 0. The largest absolute Gasteiger partial charge is 0.481 e. The molecule has 0 radical (unpaired) electrons. The highest BCUT2D eigenvalue weighted by Gasteiger charge is 2.29. The van der Waals surface area contributed by atoms with Crippen LogP contribution in [0, 0.1) is 0 Å². The second kappa shape index (κ2) is 13.5. The minimum Gasteiger partial charge on any atom is -0.481 e. The number of carboxylic acid groups (broad SMARTS) is 2. The van der Waals surface area contributed by atoms with Gasteiger partial charge in [-0.2, -0.15) is 0 Å². The van der Waals surface area contributed by atoms with Gasteiger partial charge in [0.2, 0.25) is 23.6 Å². The molecule has 0 heterocycles. The Balaban J connectivity index is 2.89. The van der Waals surface area contributed by atoms with Crippen LogP contribution >= 0.6 is 0 Å². The molecule has 0 spiro atoms. The van der Waals surface area contributed by atoms with Gasteiger partial charge in [0.25, 0.3) is 0 Å². The Hall–Kier alpha value is -4.00. The molecule has 9 N–H and O–H groups in total. The first-order valence-corrected chi connectivity index (χ1v) is 10.3. The smallest absolute Gasteiger partial charge is 0.326 e. The quantitative estimate of drug-likeness (QED) is 0.154. The lowest BCUT2D eigenvalue weighted by molar-refractivity contribution is -0.142. The minimum absolute atomic E-state index is 0.0168. The van der Waals surface area contributed by atoms with Crippen molar-refractivity contribution in [3.63, 3.8) is 0 Å². The predicted molar refractivity (Wildman–Crippen MR) is 118 cm³/mol. The lowest BCUT2D eigenvalue weighted by Gasteiger charge is -2.23. The summed E-state index contributed by atoms with van der Waals surface area (Å²) < 4.78 is 0. The fourth-order valence-electron chi connectivity index (χ4n) is 2.84. The molecule has 34 heavy (non-hydrogen) atoms. The number of carbonyl (C=O) groups is 6. The van der Waals surface area contributed by atoms with Crippen LogP contribution in [-0.4, -0.2) is 69.9 Å². The maximum Gasteiger partial charge on any atom is 0.326 e. The highest BCUT2D eigenvalue weighted by Crippen LogP contribution is 2.05. The first-order valence-electron chi connectivity index (χ1n) is 10.3. The Bertz CT molecular complexity index is 908. The van der Waals surface area contributed by atoms with Crippen LogP contribution < -0.4 is 27.4 Å². The molecule has 0 aromatic heterocycles. The highest BCUT2D eigenvalue weighted by atomic mass is 16.4. The van der Waals surface area contributed by atoms with Gasteiger partial charge in [-0.05, 0) is 18.9 Å². The van der Waals surface area contributed by atoms with E-state index in [9.17, 15) is 33.9 Å². The summed E-state index contributed by atoms with van der Waals surface area (Å²) in [5.74, 6) is -5.88. The number of aliphatic carboxylic acids is 2. The number of nitrogens with one attached hydrogen (secondary N) is 3. The fraction of sp³-hybridized carbons (Fsp3) is 0.429. The summed E-state index contributed by atoms with van der Waals surface area (Å²) in [4.78, 5) is 70.5. The van der Waals surface area contributed by atoms with Crippen LogP contribution in [0.4, 0.5) is 0 Å². The minimum atomic E-state index is -1.40. The molecule has 0 aliphatic rings. The van der Waals surface area contributed by atoms with Crippen molar-refractivity contribution in [3.05, 3.63) is 35.9 Å². The average Bonchev–Trinajstić information content (AvgIpc) is 2.75. The first-order chi connectivity index (χ1) is 15.9. The molecule has 0 aliphatic heterocycles. The third-order valence-electron chi connectivity index (χ3n) is 4.69. The summed E-state index contributed by atoms with van der Waals surface area (Å²) >= 11 is 0. The van der Waals surface area contributed by atoms with Gasteiger partial charge in [0.15, 0.2) is 0 Å². The number of nitrogens with two attached hydrogens (primary N) is 2. The molecule has 13 nitrogen and oxygen atoms in total. The number of hydrogen-bond acceptors (Lipinski definition) is 7. The molecule has 0 bridgehead atoms. The molecule has 4 unspecified atom stereocenters. The maximum absolute atomic E-state index is 12.8. The monoisotopic (exact) mass is 479 g/mol. The highest BCUT2D eigenvalue weighted by molar-refractivity contribution is 5.94. The standard InChI is InChI=1S/C21H29N5O8/c1-11(18(30)25-14(21(33)34)7-8-16(23)27)24-20(32)15(9-12-5-3-2-4-6-12)26-19(31)13(22)10-17(28)29/h2-6,11,13-15H,7-10,22H2,1H3,(H2,23,27)(H,24,32)(H,25,30)(H,26,31)(H,28,29)(H,33,34). The van der Waals surface area contributed by atoms with E-state index in [-0.39, 0.29) is 19.3 Å². The van der Waals surface area contributed by atoms with Crippen molar-refractivity contribution in [2.45, 2.75) is 56.8 Å². The van der Waals surface area contributed by atoms with Gasteiger partial charge in [0.1, 0.15) is 18.1 Å². The Morgan fingerprint density at radius 3 is 2.00 bits per heavy atom. The molecule has 0 aliphatic carbocycles. The molecule has 13 heteroatoms. The summed E-state index contributed by atoms with van der Waals surface area (Å²) in [5.41, 5.74) is 11.2. The SMILES string of the molecule is CC(NC(=O)C(Cc1ccccc1)NC(=O)C(N)CC(=O)O)C(=O)NC(CCC(N)=O)C(=O)O. The van der Waals surface area contributed by atoms with E-state index in [4.69, 9.17) is 16.6 Å². The second-order valence-electron chi connectivity index (χ2n) is 7.59. The van der Waals surface area contributed by atoms with Crippen LogP contribution in [0.5, 0.6) is 0 Å². The molecular weight excluding hydrogens is 450 g/mol. The van der Waals surface area contributed by atoms with Crippen molar-refractivity contribution in [3.8, 4) is 0 Å². The second-order valence-corrected chi connectivity index (χ2v) is 7.59. The van der Waals surface area contributed by atoms with Gasteiger partial charge < -0.3 is 37.6 Å². The molecule has 0 saturated carbocycles. The number of hydrogen-bond donors (Lipinski definition) is 7. The van der Waals surface area contributed by atoms with Gasteiger partial charge in [0.05, 0.1) is 12.5 Å². The third-order valence-corrected chi connectivity index (χ3v) is 4.69. The van der Waals surface area contributed by atoms with Crippen molar-refractivity contribution >= 4 is 35.6 Å². The molecule has 1 aromatic rings. The van der Waals surface area contributed by atoms with Gasteiger partial charge in [0, 0.05) is 12.8 Å². The molecule has 0 fully saturated rings. The van der Waals surface area contributed by atoms with Crippen molar-refractivity contribution in [1.82, 2.24) is 16.0 Å². The number of primary amides is 1. The summed E-state index contributed by atoms with van der Waals surface area (Å²) in [6.07, 6.45) is -1.12. The van der Waals surface area contributed by atoms with E-state index in [1.54, 1.807) is 30.3 Å². The van der Waals surface area contributed by atoms with Crippen LogP contribution in [0.2, 0.25) is 0 Å². The van der Waals surface area contributed by atoms with E-state index in [0.717, 1.165) is 0 Å². The van der Waals surface area contributed by atoms with Crippen LogP contribution in [-0.2, 0) is 35.2 Å². The zero-order chi connectivity index (χ0) is 25.8. The number of carboxylic acids is 2. The number of rotatable bonds is 14. The third kappa shape index (κ3) is 10.1. The molecule has 4 amide bonds. The van der Waals surface area contributed by atoms with Gasteiger partial charge >= 0.3 is 11.9 Å². The zero-order valence-corrected chi connectivity index (χ0v) is 18.5. The average molecular weight is 479 g/mol. The summed E-state index contributed by atoms with van der Waals surface area (Å²) in [6, 6.07) is 3.41. The lowest BCUT2D eigenvalue weighted by Crippen LogP contribution is -2.57. The lowest BCUT2D eigenvalue weighted by atomic mass is 10.0. The van der Waals surface area contributed by atoms with Gasteiger partial charge in [-0.15, -0.1) is 0 Å². The number of amides is 4. The predicted octanol–water partition coefficient (Wildman–Crippen LogP) is -2.14. The topological polar surface area (TPSA) is 231 Å². The zero-order valence-electron chi connectivity index (χ0n) is 18.5. The molecular formula is C21H29N5O8. The van der Waals surface area contributed by atoms with Crippen LogP contribution in [0.3, 0.4) is 0 Å². The van der Waals surface area contributed by atoms with E-state index in [0.29, 0.717) is 5.56 Å². The number of carbonyl (C=O) groups excluding carboxylic acids is 4. The molecule has 4 atom stereocenters. The normalized spacial score (nSPS) is 14.1. The van der Waals surface area contributed by atoms with Crippen LogP contribution in [0.15, 0.2) is 30.3 Å². The van der Waals surface area contributed by atoms with E-state index >= 15 is 0 Å². The Labute approximate surface area is 195 Å². The maximum atomic E-state index is 12.8. The van der Waals surface area contributed by atoms with Crippen molar-refractivity contribution in [1.29, 1.82) is 0 Å². The van der Waals surface area contributed by atoms with Crippen molar-refractivity contribution in [2.24, 2.45) is 11.5 Å². The molecule has 1 aromatic carbocycles. The molecule has 1 rings (SSSR count). The molecule has 0 saturated heterocycles. The van der Waals surface area contributed by atoms with Crippen molar-refractivity contribution in [2.75, 3.05) is 0 Å². The van der Waals surface area contributed by atoms with Crippen molar-refractivity contribution < 1.29 is 39.0 Å². The first kappa shape index (κ1) is 28.0. The van der Waals surface area contributed by atoms with Crippen LogP contribution in [0.25, 0.3) is 0 Å². The summed E-state index contributed by atoms with van der Waals surface area (Å²) in [5, 5.41) is 25.0. The van der Waals surface area contributed by atoms with E-state index < -0.39 is 66.2 Å². The molecule has 186 valence electrons. The van der Waals surface area contributed by atoms with Gasteiger partial charge in [-0.3, -0.25) is 24.0 Å². The van der Waals surface area contributed by atoms with Gasteiger partial charge in [-0.25, -0.2) is 4.79 Å². The summed E-state index contributed by atoms with van der Waals surface area (Å²) in [6.45, 7) is 1.30. The van der Waals surface area contributed by atoms with Gasteiger partial charge in [-0.1, -0.05) is 30.3 Å². The van der Waals surface area contributed by atoms with E-state index in [1.165, 1.54) is 6.92 Å². The fourth-order valence-corrected chi connectivity index (χ4v) is 2.84. The Morgan fingerprint density at radius 2 is 1.47 bits per heavy atom. The Kier molecular flexibility index (Phi) is 11.2. The van der Waals surface area contributed by atoms with E-state index in [2.05, 4.69) is 16.0 Å².